The van der Waals surface area contributed by atoms with Gasteiger partial charge in [-0.1, -0.05) is 33.6 Å². The molecule has 100 valence electrons. The predicted molar refractivity (Wildman–Crippen MR) is 81.1 cm³/mol. The van der Waals surface area contributed by atoms with Crippen molar-refractivity contribution in [2.45, 2.75) is 19.4 Å². The van der Waals surface area contributed by atoms with E-state index in [1.807, 2.05) is 6.07 Å². The van der Waals surface area contributed by atoms with E-state index < -0.39 is 0 Å². The van der Waals surface area contributed by atoms with E-state index in [2.05, 4.69) is 45.3 Å². The molecule has 1 fully saturated rings. The maximum absolute atomic E-state index is 6.25. The van der Waals surface area contributed by atoms with E-state index >= 15 is 0 Å². The average Bonchev–Trinajstić information content (AvgIpc) is 2.34. The van der Waals surface area contributed by atoms with Gasteiger partial charge >= 0.3 is 0 Å². The van der Waals surface area contributed by atoms with Crippen LogP contribution in [0.4, 0.5) is 0 Å². The molecule has 1 N–H and O–H groups in total. The highest BCUT2D eigenvalue weighted by Crippen LogP contribution is 2.23. The number of hydrogen-bond donors (Lipinski definition) is 1. The summed E-state index contributed by atoms with van der Waals surface area (Å²) in [6.07, 6.45) is 2.64. The minimum Gasteiger partial charge on any atom is -0.316 e. The topological polar surface area (TPSA) is 15.3 Å². The Morgan fingerprint density at radius 3 is 3.00 bits per heavy atom. The lowest BCUT2D eigenvalue weighted by molar-refractivity contribution is 0.237. The number of nitrogens with zero attached hydrogens (tertiary/aromatic N) is 1. The van der Waals surface area contributed by atoms with Gasteiger partial charge in [0.05, 0.1) is 0 Å². The zero-order chi connectivity index (χ0) is 13.0. The number of nitrogens with one attached hydrogen (secondary N) is 1. The van der Waals surface area contributed by atoms with Gasteiger partial charge < -0.3 is 10.2 Å². The summed E-state index contributed by atoms with van der Waals surface area (Å²) < 4.78 is 1.04. The Hall–Kier alpha value is -0.0900. The molecule has 18 heavy (non-hydrogen) atoms. The molecule has 1 aromatic rings. The molecule has 1 aliphatic rings. The molecule has 1 aliphatic heterocycles. The van der Waals surface area contributed by atoms with Crippen LogP contribution < -0.4 is 5.32 Å². The molecule has 0 aromatic heterocycles. The Morgan fingerprint density at radius 1 is 1.50 bits per heavy atom. The van der Waals surface area contributed by atoms with Crippen molar-refractivity contribution in [3.63, 3.8) is 0 Å². The lowest BCUT2D eigenvalue weighted by atomic mass is 9.99. The Balaban J connectivity index is 1.87. The summed E-state index contributed by atoms with van der Waals surface area (Å²) in [5, 5.41) is 4.31. The largest absolute Gasteiger partial charge is 0.316 e. The Bertz CT molecular complexity index is 391. The highest BCUT2D eigenvalue weighted by Gasteiger charge is 2.15. The van der Waals surface area contributed by atoms with Crippen molar-refractivity contribution in [2.24, 2.45) is 5.92 Å². The van der Waals surface area contributed by atoms with Gasteiger partial charge in [0.1, 0.15) is 0 Å². The first-order valence-corrected chi connectivity index (χ1v) is 7.65. The minimum absolute atomic E-state index is 0.776. The molecule has 2 nitrogen and oxygen atoms in total. The fourth-order valence-corrected chi connectivity index (χ4v) is 3.26. The van der Waals surface area contributed by atoms with E-state index in [1.54, 1.807) is 0 Å². The van der Waals surface area contributed by atoms with E-state index in [0.717, 1.165) is 35.0 Å². The molecule has 1 heterocycles. The molecule has 0 radical (unpaired) electrons. The zero-order valence-electron chi connectivity index (χ0n) is 10.8. The van der Waals surface area contributed by atoms with Gasteiger partial charge in [-0.05, 0) is 56.6 Å². The van der Waals surface area contributed by atoms with Crippen molar-refractivity contribution in [1.82, 2.24) is 10.2 Å². The van der Waals surface area contributed by atoms with Crippen molar-refractivity contribution in [3.05, 3.63) is 33.3 Å². The number of benzene rings is 1. The van der Waals surface area contributed by atoms with Gasteiger partial charge in [0.15, 0.2) is 0 Å². The standard InChI is InChI=1S/C14H20BrClN2/c1-18(9-11-3-2-6-17-8-11)10-12-4-5-13(15)7-14(12)16/h4-5,7,11,17H,2-3,6,8-10H2,1H3. The normalized spacial score (nSPS) is 20.3. The molecule has 0 saturated carbocycles. The van der Waals surface area contributed by atoms with Crippen molar-refractivity contribution in [3.8, 4) is 0 Å². The first-order chi connectivity index (χ1) is 8.65. The third-order valence-electron chi connectivity index (χ3n) is 3.42. The third-order valence-corrected chi connectivity index (χ3v) is 4.27. The molecule has 1 unspecified atom stereocenters. The van der Waals surface area contributed by atoms with Gasteiger partial charge in [-0.25, -0.2) is 0 Å². The van der Waals surface area contributed by atoms with E-state index in [-0.39, 0.29) is 0 Å². The molecular weight excluding hydrogens is 312 g/mol. The summed E-state index contributed by atoms with van der Waals surface area (Å²) in [6, 6.07) is 6.12. The van der Waals surface area contributed by atoms with E-state index in [1.165, 1.54) is 24.9 Å². The smallest absolute Gasteiger partial charge is 0.0462 e. The molecule has 0 spiro atoms. The molecule has 1 aromatic carbocycles. The second kappa shape index (κ2) is 6.90. The van der Waals surface area contributed by atoms with E-state index in [0.29, 0.717) is 0 Å². The van der Waals surface area contributed by atoms with Crippen LogP contribution in [0.2, 0.25) is 5.02 Å². The number of rotatable bonds is 4. The Morgan fingerprint density at radius 2 is 2.33 bits per heavy atom. The predicted octanol–water partition coefficient (Wildman–Crippen LogP) is 3.53. The number of hydrogen-bond acceptors (Lipinski definition) is 2. The quantitative estimate of drug-likeness (QED) is 0.908. The Labute approximate surface area is 123 Å². The number of halogens is 2. The molecule has 0 aliphatic carbocycles. The van der Waals surface area contributed by atoms with Crippen LogP contribution in [-0.4, -0.2) is 31.6 Å². The van der Waals surface area contributed by atoms with Gasteiger partial charge in [-0.15, -0.1) is 0 Å². The van der Waals surface area contributed by atoms with Crippen LogP contribution in [0, 0.1) is 5.92 Å². The fraction of sp³-hybridized carbons (Fsp3) is 0.571. The van der Waals surface area contributed by atoms with Crippen molar-refractivity contribution < 1.29 is 0 Å². The summed E-state index contributed by atoms with van der Waals surface area (Å²) in [7, 11) is 2.17. The van der Waals surface area contributed by atoms with Crippen LogP contribution in [0.5, 0.6) is 0 Å². The van der Waals surface area contributed by atoms with Crippen LogP contribution in [0.1, 0.15) is 18.4 Å². The second-order valence-corrected chi connectivity index (χ2v) is 6.47. The first-order valence-electron chi connectivity index (χ1n) is 6.48. The van der Waals surface area contributed by atoms with Crippen molar-refractivity contribution in [1.29, 1.82) is 0 Å². The fourth-order valence-electron chi connectivity index (χ4n) is 2.53. The second-order valence-electron chi connectivity index (χ2n) is 5.14. The van der Waals surface area contributed by atoms with Gasteiger partial charge in [0, 0.05) is 22.6 Å². The van der Waals surface area contributed by atoms with Crippen LogP contribution >= 0.6 is 27.5 Å². The lowest BCUT2D eigenvalue weighted by Gasteiger charge is -2.27. The van der Waals surface area contributed by atoms with Gasteiger partial charge in [0.2, 0.25) is 0 Å². The highest BCUT2D eigenvalue weighted by atomic mass is 79.9. The van der Waals surface area contributed by atoms with Crippen LogP contribution in [0.15, 0.2) is 22.7 Å². The van der Waals surface area contributed by atoms with E-state index in [4.69, 9.17) is 11.6 Å². The monoisotopic (exact) mass is 330 g/mol. The van der Waals surface area contributed by atoms with Gasteiger partial charge in [0.25, 0.3) is 0 Å². The highest BCUT2D eigenvalue weighted by molar-refractivity contribution is 9.10. The van der Waals surface area contributed by atoms with Crippen LogP contribution in [-0.2, 0) is 6.54 Å². The molecule has 0 bridgehead atoms. The molecule has 1 saturated heterocycles. The van der Waals surface area contributed by atoms with Crippen LogP contribution in [0.3, 0.4) is 0 Å². The first kappa shape index (κ1) is 14.3. The molecule has 4 heteroatoms. The summed E-state index contributed by atoms with van der Waals surface area (Å²) in [5.41, 5.74) is 1.20. The average molecular weight is 332 g/mol. The maximum Gasteiger partial charge on any atom is 0.0462 e. The summed E-state index contributed by atoms with van der Waals surface area (Å²) >= 11 is 9.68. The molecule has 0 amide bonds. The number of piperidine rings is 1. The van der Waals surface area contributed by atoms with Crippen molar-refractivity contribution >= 4 is 27.5 Å². The lowest BCUT2D eigenvalue weighted by Crippen LogP contribution is -2.36. The summed E-state index contributed by atoms with van der Waals surface area (Å²) in [6.45, 7) is 4.39. The summed E-state index contributed by atoms with van der Waals surface area (Å²) in [4.78, 5) is 2.37. The molecule has 1 atom stereocenters. The maximum atomic E-state index is 6.25. The minimum atomic E-state index is 0.776. The van der Waals surface area contributed by atoms with Crippen LogP contribution in [0.25, 0.3) is 0 Å². The third kappa shape index (κ3) is 4.23. The van der Waals surface area contributed by atoms with E-state index in [9.17, 15) is 0 Å². The summed E-state index contributed by atoms with van der Waals surface area (Å²) in [5.74, 6) is 0.776. The molecular formula is C14H20BrClN2. The zero-order valence-corrected chi connectivity index (χ0v) is 13.1. The molecule has 2 rings (SSSR count). The van der Waals surface area contributed by atoms with Gasteiger partial charge in [-0.2, -0.15) is 0 Å². The van der Waals surface area contributed by atoms with Crippen molar-refractivity contribution in [2.75, 3.05) is 26.7 Å². The van der Waals surface area contributed by atoms with Gasteiger partial charge in [-0.3, -0.25) is 0 Å². The Kier molecular flexibility index (Phi) is 5.49. The SMILES string of the molecule is CN(Cc1ccc(Br)cc1Cl)CC1CCCNC1.